The minimum Gasteiger partial charge on any atom is -0.325 e. The first-order valence-corrected chi connectivity index (χ1v) is 6.30. The molecule has 0 spiro atoms. The summed E-state index contributed by atoms with van der Waals surface area (Å²) in [6.07, 6.45) is 0. The summed E-state index contributed by atoms with van der Waals surface area (Å²) in [5.41, 5.74) is 7.88. The quantitative estimate of drug-likeness (QED) is 0.922. The zero-order valence-electron chi connectivity index (χ0n) is 11.5. The highest BCUT2D eigenvalue weighted by molar-refractivity contribution is 5.22. The number of hydrogen-bond acceptors (Lipinski definition) is 3. The van der Waals surface area contributed by atoms with Crippen molar-refractivity contribution in [2.45, 2.75) is 39.3 Å². The number of benzene rings is 1. The number of halogens is 1. The minimum absolute atomic E-state index is 0.135. The molecule has 2 rings (SSSR count). The number of nitrogens with zero attached hydrogens (tertiary/aromatic N) is 3. The Morgan fingerprint density at radius 2 is 1.95 bits per heavy atom. The van der Waals surface area contributed by atoms with Gasteiger partial charge in [-0.25, -0.2) is 9.07 Å². The van der Waals surface area contributed by atoms with Crippen LogP contribution in [0.15, 0.2) is 24.3 Å². The van der Waals surface area contributed by atoms with Gasteiger partial charge in [0.15, 0.2) is 0 Å². The molecule has 0 aliphatic heterocycles. The monoisotopic (exact) mass is 262 g/mol. The van der Waals surface area contributed by atoms with E-state index in [2.05, 4.69) is 31.1 Å². The molecule has 102 valence electrons. The molecule has 1 heterocycles. The molecule has 0 aliphatic carbocycles. The summed E-state index contributed by atoms with van der Waals surface area (Å²) in [4.78, 5) is 0. The zero-order chi connectivity index (χ0) is 14.0. The average molecular weight is 262 g/mol. The maximum Gasteiger partial charge on any atom is 0.128 e. The number of hydrogen-bond donors (Lipinski definition) is 1. The number of rotatable bonds is 3. The van der Waals surface area contributed by atoms with Crippen molar-refractivity contribution in [2.75, 3.05) is 0 Å². The summed E-state index contributed by atoms with van der Waals surface area (Å²) >= 11 is 0. The van der Waals surface area contributed by atoms with Gasteiger partial charge in [0.25, 0.3) is 0 Å². The molecule has 2 N–H and O–H groups in total. The van der Waals surface area contributed by atoms with Crippen LogP contribution in [0.1, 0.15) is 37.7 Å². The zero-order valence-corrected chi connectivity index (χ0v) is 11.5. The van der Waals surface area contributed by atoms with Crippen LogP contribution in [0.3, 0.4) is 0 Å². The summed E-state index contributed by atoms with van der Waals surface area (Å²) < 4.78 is 15.4. The van der Waals surface area contributed by atoms with E-state index in [0.29, 0.717) is 18.7 Å². The highest BCUT2D eigenvalue weighted by Gasteiger charge is 2.24. The molecule has 0 unspecified atom stereocenters. The first-order valence-electron chi connectivity index (χ1n) is 6.30. The first-order chi connectivity index (χ1) is 8.93. The molecule has 0 bridgehead atoms. The third-order valence-corrected chi connectivity index (χ3v) is 2.99. The Labute approximate surface area is 112 Å². The van der Waals surface area contributed by atoms with Crippen molar-refractivity contribution in [3.05, 3.63) is 47.0 Å². The van der Waals surface area contributed by atoms with Crippen LogP contribution in [-0.4, -0.2) is 15.0 Å². The van der Waals surface area contributed by atoms with E-state index in [1.54, 1.807) is 16.8 Å². The minimum atomic E-state index is -0.229. The molecule has 5 heteroatoms. The van der Waals surface area contributed by atoms with Gasteiger partial charge in [-0.3, -0.25) is 0 Å². The maximum absolute atomic E-state index is 13.7. The molecule has 4 nitrogen and oxygen atoms in total. The topological polar surface area (TPSA) is 56.7 Å². The van der Waals surface area contributed by atoms with Gasteiger partial charge in [-0.15, -0.1) is 5.10 Å². The Bertz CT molecular complexity index is 569. The Kier molecular flexibility index (Phi) is 3.66. The van der Waals surface area contributed by atoms with Crippen LogP contribution in [0.25, 0.3) is 0 Å². The third-order valence-electron chi connectivity index (χ3n) is 2.99. The van der Waals surface area contributed by atoms with Gasteiger partial charge in [0, 0.05) is 17.5 Å². The molecule has 0 saturated carbocycles. The first kappa shape index (κ1) is 13.7. The van der Waals surface area contributed by atoms with Crippen molar-refractivity contribution in [2.24, 2.45) is 5.73 Å². The van der Waals surface area contributed by atoms with Crippen LogP contribution in [0.2, 0.25) is 0 Å². The second kappa shape index (κ2) is 5.09. The highest BCUT2D eigenvalue weighted by Crippen LogP contribution is 2.25. The molecule has 2 aromatic rings. The van der Waals surface area contributed by atoms with E-state index < -0.39 is 0 Å². The molecular weight excluding hydrogens is 243 g/mol. The van der Waals surface area contributed by atoms with Crippen molar-refractivity contribution in [3.8, 4) is 0 Å². The van der Waals surface area contributed by atoms with Gasteiger partial charge in [0.1, 0.15) is 5.82 Å². The Balaban J connectivity index is 2.42. The van der Waals surface area contributed by atoms with Gasteiger partial charge < -0.3 is 5.73 Å². The molecule has 0 fully saturated rings. The summed E-state index contributed by atoms with van der Waals surface area (Å²) in [6, 6.07) is 6.70. The summed E-state index contributed by atoms with van der Waals surface area (Å²) in [5.74, 6) is -0.229. The Hall–Kier alpha value is -1.75. The van der Waals surface area contributed by atoms with Crippen LogP contribution in [-0.2, 0) is 18.5 Å². The molecule has 0 amide bonds. The van der Waals surface area contributed by atoms with Crippen LogP contribution in [0.5, 0.6) is 0 Å². The van der Waals surface area contributed by atoms with E-state index in [0.717, 1.165) is 11.4 Å². The van der Waals surface area contributed by atoms with Crippen molar-refractivity contribution in [1.82, 2.24) is 15.0 Å². The maximum atomic E-state index is 13.7. The van der Waals surface area contributed by atoms with E-state index >= 15 is 0 Å². The lowest BCUT2D eigenvalue weighted by molar-refractivity contribution is 0.490. The van der Waals surface area contributed by atoms with Gasteiger partial charge in [0.2, 0.25) is 0 Å². The normalized spacial score (nSPS) is 11.8. The fourth-order valence-corrected chi connectivity index (χ4v) is 2.21. The Morgan fingerprint density at radius 1 is 1.26 bits per heavy atom. The molecule has 19 heavy (non-hydrogen) atoms. The largest absolute Gasteiger partial charge is 0.325 e. The smallest absolute Gasteiger partial charge is 0.128 e. The van der Waals surface area contributed by atoms with Crippen molar-refractivity contribution >= 4 is 0 Å². The lowest BCUT2D eigenvalue weighted by atomic mass is 9.90. The molecule has 1 aromatic heterocycles. The van der Waals surface area contributed by atoms with Crippen molar-refractivity contribution in [3.63, 3.8) is 0 Å². The second-order valence-electron chi connectivity index (χ2n) is 5.59. The summed E-state index contributed by atoms with van der Waals surface area (Å²) in [7, 11) is 0. The second-order valence-corrected chi connectivity index (χ2v) is 5.59. The van der Waals surface area contributed by atoms with Gasteiger partial charge >= 0.3 is 0 Å². The van der Waals surface area contributed by atoms with Crippen LogP contribution < -0.4 is 5.73 Å². The van der Waals surface area contributed by atoms with Gasteiger partial charge in [-0.05, 0) is 6.07 Å². The van der Waals surface area contributed by atoms with E-state index in [9.17, 15) is 4.39 Å². The lowest BCUT2D eigenvalue weighted by Crippen LogP contribution is -2.22. The average Bonchev–Trinajstić information content (AvgIpc) is 2.75. The molecule has 0 saturated heterocycles. The van der Waals surface area contributed by atoms with Gasteiger partial charge in [0.05, 0.1) is 17.9 Å². The molecule has 0 atom stereocenters. The van der Waals surface area contributed by atoms with Crippen molar-refractivity contribution < 1.29 is 4.39 Å². The number of aromatic nitrogens is 3. The standard InChI is InChI=1S/C14H19FN4/c1-14(2,3)13-12(8-16)17-18-19(13)9-10-6-4-5-7-11(10)15/h4-7H,8-9,16H2,1-3H3. The van der Waals surface area contributed by atoms with E-state index in [1.807, 2.05) is 6.07 Å². The Morgan fingerprint density at radius 3 is 2.53 bits per heavy atom. The summed E-state index contributed by atoms with van der Waals surface area (Å²) in [6.45, 7) is 6.92. The SMILES string of the molecule is CC(C)(C)c1c(CN)nnn1Cc1ccccc1F. The lowest BCUT2D eigenvalue weighted by Gasteiger charge is -2.21. The van der Waals surface area contributed by atoms with Crippen LogP contribution >= 0.6 is 0 Å². The van der Waals surface area contributed by atoms with Crippen molar-refractivity contribution in [1.29, 1.82) is 0 Å². The fraction of sp³-hybridized carbons (Fsp3) is 0.429. The predicted octanol–water partition coefficient (Wildman–Crippen LogP) is 2.22. The van der Waals surface area contributed by atoms with Gasteiger partial charge in [-0.2, -0.15) is 0 Å². The predicted molar refractivity (Wildman–Crippen MR) is 72.1 cm³/mol. The fourth-order valence-electron chi connectivity index (χ4n) is 2.21. The molecular formula is C14H19FN4. The molecule has 0 radical (unpaired) electrons. The van der Waals surface area contributed by atoms with Crippen LogP contribution in [0.4, 0.5) is 4.39 Å². The molecule has 0 aliphatic rings. The number of nitrogens with two attached hydrogens (primary N) is 1. The molecule has 1 aromatic carbocycles. The third kappa shape index (κ3) is 2.81. The van der Waals surface area contributed by atoms with E-state index in [4.69, 9.17) is 5.73 Å². The van der Waals surface area contributed by atoms with E-state index in [1.165, 1.54) is 6.07 Å². The van der Waals surface area contributed by atoms with Crippen LogP contribution in [0, 0.1) is 5.82 Å². The van der Waals surface area contributed by atoms with Gasteiger partial charge in [-0.1, -0.05) is 44.2 Å². The summed E-state index contributed by atoms with van der Waals surface area (Å²) in [5, 5.41) is 8.20. The van der Waals surface area contributed by atoms with E-state index in [-0.39, 0.29) is 11.2 Å². The highest BCUT2D eigenvalue weighted by atomic mass is 19.1.